The average Bonchev–Trinajstić information content (AvgIpc) is 2.52. The molecule has 1 atom stereocenters. The molecular weight excluding hydrogens is 264 g/mol. The summed E-state index contributed by atoms with van der Waals surface area (Å²) >= 11 is 0. The van der Waals surface area contributed by atoms with E-state index in [-0.39, 0.29) is 11.7 Å². The summed E-state index contributed by atoms with van der Waals surface area (Å²) in [6, 6.07) is 9.84. The Morgan fingerprint density at radius 2 is 2.10 bits per heavy atom. The van der Waals surface area contributed by atoms with Crippen molar-refractivity contribution in [1.29, 1.82) is 0 Å². The van der Waals surface area contributed by atoms with Crippen molar-refractivity contribution < 1.29 is 4.74 Å². The van der Waals surface area contributed by atoms with Gasteiger partial charge in [-0.05, 0) is 26.2 Å². The summed E-state index contributed by atoms with van der Waals surface area (Å²) < 4.78 is 5.74. The molecule has 1 aromatic carbocycles. The largest absolute Gasteiger partial charge is 0.378 e. The molecule has 110 valence electrons. The Morgan fingerprint density at radius 1 is 1.29 bits per heavy atom. The zero-order valence-corrected chi connectivity index (χ0v) is 12.3. The SMILES string of the molecule is Cc1c(-c2ccccc2)nc(CC2CCCCO2)[nH]c1=O. The van der Waals surface area contributed by atoms with Gasteiger partial charge in [0.05, 0.1) is 11.8 Å². The zero-order chi connectivity index (χ0) is 14.7. The maximum atomic E-state index is 12.1. The summed E-state index contributed by atoms with van der Waals surface area (Å²) in [5, 5.41) is 0. The van der Waals surface area contributed by atoms with Gasteiger partial charge in [-0.1, -0.05) is 30.3 Å². The van der Waals surface area contributed by atoms with Crippen LogP contribution >= 0.6 is 0 Å². The van der Waals surface area contributed by atoms with E-state index in [9.17, 15) is 4.79 Å². The van der Waals surface area contributed by atoms with Crippen LogP contribution in [0.2, 0.25) is 0 Å². The normalized spacial score (nSPS) is 18.6. The van der Waals surface area contributed by atoms with Crippen LogP contribution in [0.4, 0.5) is 0 Å². The number of H-pyrrole nitrogens is 1. The van der Waals surface area contributed by atoms with Crippen LogP contribution in [0.25, 0.3) is 11.3 Å². The monoisotopic (exact) mass is 284 g/mol. The number of aromatic amines is 1. The van der Waals surface area contributed by atoms with Crippen LogP contribution in [-0.2, 0) is 11.2 Å². The van der Waals surface area contributed by atoms with Gasteiger partial charge in [0, 0.05) is 24.2 Å². The fourth-order valence-corrected chi connectivity index (χ4v) is 2.74. The van der Waals surface area contributed by atoms with Gasteiger partial charge in [-0.25, -0.2) is 4.98 Å². The number of hydrogen-bond acceptors (Lipinski definition) is 3. The Labute approximate surface area is 124 Å². The van der Waals surface area contributed by atoms with Crippen molar-refractivity contribution in [2.45, 2.75) is 38.7 Å². The highest BCUT2D eigenvalue weighted by Crippen LogP contribution is 2.20. The number of aromatic nitrogens is 2. The predicted molar refractivity (Wildman–Crippen MR) is 82.3 cm³/mol. The zero-order valence-electron chi connectivity index (χ0n) is 12.3. The lowest BCUT2D eigenvalue weighted by atomic mass is 10.0. The van der Waals surface area contributed by atoms with E-state index in [0.29, 0.717) is 12.0 Å². The smallest absolute Gasteiger partial charge is 0.254 e. The highest BCUT2D eigenvalue weighted by Gasteiger charge is 2.17. The predicted octanol–water partition coefficient (Wildman–Crippen LogP) is 2.86. The molecule has 21 heavy (non-hydrogen) atoms. The molecule has 1 saturated heterocycles. The molecule has 0 amide bonds. The van der Waals surface area contributed by atoms with E-state index in [2.05, 4.69) is 9.97 Å². The van der Waals surface area contributed by atoms with E-state index in [1.807, 2.05) is 37.3 Å². The van der Waals surface area contributed by atoms with E-state index in [0.717, 1.165) is 36.5 Å². The van der Waals surface area contributed by atoms with Crippen LogP contribution in [0.15, 0.2) is 35.1 Å². The van der Waals surface area contributed by atoms with Crippen LogP contribution in [0.3, 0.4) is 0 Å². The third kappa shape index (κ3) is 3.22. The van der Waals surface area contributed by atoms with Crippen LogP contribution < -0.4 is 5.56 Å². The second-order valence-corrected chi connectivity index (χ2v) is 5.54. The van der Waals surface area contributed by atoms with Gasteiger partial charge in [0.25, 0.3) is 5.56 Å². The van der Waals surface area contributed by atoms with Crippen molar-refractivity contribution in [2.75, 3.05) is 6.61 Å². The lowest BCUT2D eigenvalue weighted by molar-refractivity contribution is 0.0156. The molecule has 0 radical (unpaired) electrons. The van der Waals surface area contributed by atoms with Crippen molar-refractivity contribution in [3.63, 3.8) is 0 Å². The second-order valence-electron chi connectivity index (χ2n) is 5.54. The minimum absolute atomic E-state index is 0.0605. The molecular formula is C17H20N2O2. The quantitative estimate of drug-likeness (QED) is 0.943. The maximum Gasteiger partial charge on any atom is 0.254 e. The van der Waals surface area contributed by atoms with Gasteiger partial charge in [-0.3, -0.25) is 4.79 Å². The molecule has 2 aromatic rings. The standard InChI is InChI=1S/C17H20N2O2/c1-12-16(13-7-3-2-4-8-13)18-15(19-17(12)20)11-14-9-5-6-10-21-14/h2-4,7-8,14H,5-6,9-11H2,1H3,(H,18,19,20). The van der Waals surface area contributed by atoms with Crippen molar-refractivity contribution in [3.8, 4) is 11.3 Å². The van der Waals surface area contributed by atoms with Crippen molar-refractivity contribution >= 4 is 0 Å². The molecule has 3 rings (SSSR count). The average molecular weight is 284 g/mol. The molecule has 0 aliphatic carbocycles. The van der Waals surface area contributed by atoms with Gasteiger partial charge >= 0.3 is 0 Å². The van der Waals surface area contributed by atoms with E-state index in [1.54, 1.807) is 0 Å². The fraction of sp³-hybridized carbons (Fsp3) is 0.412. The van der Waals surface area contributed by atoms with Crippen molar-refractivity contribution in [3.05, 3.63) is 52.1 Å². The summed E-state index contributed by atoms with van der Waals surface area (Å²) in [5.41, 5.74) is 2.35. The lowest BCUT2D eigenvalue weighted by Crippen LogP contribution is -2.25. The van der Waals surface area contributed by atoms with Gasteiger partial charge < -0.3 is 9.72 Å². The van der Waals surface area contributed by atoms with Gasteiger partial charge in [0.1, 0.15) is 5.82 Å². The first-order valence-corrected chi connectivity index (χ1v) is 7.51. The van der Waals surface area contributed by atoms with Gasteiger partial charge in [0.15, 0.2) is 0 Å². The van der Waals surface area contributed by atoms with Crippen LogP contribution in [0.5, 0.6) is 0 Å². The van der Waals surface area contributed by atoms with Gasteiger partial charge in [-0.2, -0.15) is 0 Å². The minimum atomic E-state index is -0.0605. The first-order chi connectivity index (χ1) is 10.2. The number of ether oxygens (including phenoxy) is 1. The first-order valence-electron chi connectivity index (χ1n) is 7.51. The summed E-state index contributed by atoms with van der Waals surface area (Å²) in [6.45, 7) is 2.63. The molecule has 1 aliphatic heterocycles. The van der Waals surface area contributed by atoms with Crippen LogP contribution in [0, 0.1) is 6.92 Å². The second kappa shape index (κ2) is 6.22. The molecule has 0 saturated carbocycles. The van der Waals surface area contributed by atoms with Crippen LogP contribution in [-0.4, -0.2) is 22.7 Å². The summed E-state index contributed by atoms with van der Waals surface area (Å²) in [4.78, 5) is 19.7. The third-order valence-electron chi connectivity index (χ3n) is 3.94. The van der Waals surface area contributed by atoms with Crippen molar-refractivity contribution in [2.24, 2.45) is 0 Å². The molecule has 0 spiro atoms. The number of nitrogens with zero attached hydrogens (tertiary/aromatic N) is 1. The molecule has 1 N–H and O–H groups in total. The van der Waals surface area contributed by atoms with E-state index >= 15 is 0 Å². The van der Waals surface area contributed by atoms with Crippen LogP contribution in [0.1, 0.15) is 30.7 Å². The Balaban J connectivity index is 1.92. The maximum absolute atomic E-state index is 12.1. The molecule has 4 heteroatoms. The first kappa shape index (κ1) is 14.0. The van der Waals surface area contributed by atoms with E-state index < -0.39 is 0 Å². The number of nitrogens with one attached hydrogen (secondary N) is 1. The molecule has 4 nitrogen and oxygen atoms in total. The fourth-order valence-electron chi connectivity index (χ4n) is 2.74. The van der Waals surface area contributed by atoms with Crippen molar-refractivity contribution in [1.82, 2.24) is 9.97 Å². The number of benzene rings is 1. The molecule has 0 bridgehead atoms. The lowest BCUT2D eigenvalue weighted by Gasteiger charge is -2.22. The Bertz CT molecular complexity index is 658. The molecule has 2 heterocycles. The minimum Gasteiger partial charge on any atom is -0.378 e. The Morgan fingerprint density at radius 3 is 2.81 bits per heavy atom. The summed E-state index contributed by atoms with van der Waals surface area (Å²) in [5.74, 6) is 0.719. The van der Waals surface area contributed by atoms with Gasteiger partial charge in [0.2, 0.25) is 0 Å². The summed E-state index contributed by atoms with van der Waals surface area (Å²) in [7, 11) is 0. The number of hydrogen-bond donors (Lipinski definition) is 1. The number of rotatable bonds is 3. The van der Waals surface area contributed by atoms with Gasteiger partial charge in [-0.15, -0.1) is 0 Å². The third-order valence-corrected chi connectivity index (χ3v) is 3.94. The Kier molecular flexibility index (Phi) is 4.15. The highest BCUT2D eigenvalue weighted by molar-refractivity contribution is 5.62. The molecule has 1 aromatic heterocycles. The molecule has 1 unspecified atom stereocenters. The Hall–Kier alpha value is -1.94. The topological polar surface area (TPSA) is 55.0 Å². The van der Waals surface area contributed by atoms with E-state index in [1.165, 1.54) is 6.42 Å². The molecule has 1 aliphatic rings. The van der Waals surface area contributed by atoms with E-state index in [4.69, 9.17) is 4.74 Å². The summed E-state index contributed by atoms with van der Waals surface area (Å²) in [6.07, 6.45) is 4.21. The highest BCUT2D eigenvalue weighted by atomic mass is 16.5. The molecule has 1 fully saturated rings.